The minimum atomic E-state index is -0.532. The lowest BCUT2D eigenvalue weighted by molar-refractivity contribution is -0.127. The maximum Gasteiger partial charge on any atom is 0.241 e. The van der Waals surface area contributed by atoms with Gasteiger partial charge in [-0.25, -0.2) is 9.37 Å². The summed E-state index contributed by atoms with van der Waals surface area (Å²) in [5.74, 6) is -0.141. The predicted molar refractivity (Wildman–Crippen MR) is 72.7 cm³/mol. The van der Waals surface area contributed by atoms with E-state index in [1.807, 2.05) is 13.8 Å². The second-order valence-electron chi connectivity index (χ2n) is 4.20. The smallest absolute Gasteiger partial charge is 0.241 e. The van der Waals surface area contributed by atoms with E-state index in [0.29, 0.717) is 19.0 Å². The van der Waals surface area contributed by atoms with Gasteiger partial charge in [0.15, 0.2) is 11.6 Å². The van der Waals surface area contributed by atoms with Gasteiger partial charge in [0.2, 0.25) is 11.9 Å². The molecule has 0 bridgehead atoms. The van der Waals surface area contributed by atoms with Gasteiger partial charge in [-0.2, -0.15) is 4.98 Å². The van der Waals surface area contributed by atoms with E-state index in [1.54, 1.807) is 19.0 Å². The van der Waals surface area contributed by atoms with Gasteiger partial charge in [-0.05, 0) is 13.8 Å². The number of hydrogen-bond donors (Lipinski definition) is 1. The van der Waals surface area contributed by atoms with Gasteiger partial charge in [-0.3, -0.25) is 4.79 Å². The van der Waals surface area contributed by atoms with E-state index < -0.39 is 5.82 Å². The van der Waals surface area contributed by atoms with Crippen molar-refractivity contribution in [3.63, 3.8) is 0 Å². The van der Waals surface area contributed by atoms with E-state index >= 15 is 0 Å². The molecular weight excluding hydrogens is 249 g/mol. The van der Waals surface area contributed by atoms with Crippen molar-refractivity contribution >= 4 is 17.7 Å². The van der Waals surface area contributed by atoms with E-state index in [9.17, 15) is 9.18 Å². The molecule has 1 aromatic heterocycles. The Morgan fingerprint density at radius 2 is 2.11 bits per heavy atom. The number of rotatable bonds is 6. The molecule has 0 aliphatic heterocycles. The van der Waals surface area contributed by atoms with Gasteiger partial charge < -0.3 is 15.1 Å². The third kappa shape index (κ3) is 4.04. The number of anilines is 2. The number of aromatic nitrogens is 2. The van der Waals surface area contributed by atoms with Crippen molar-refractivity contribution in [2.45, 2.75) is 13.8 Å². The number of carbonyl (C=O) groups is 1. The molecule has 0 saturated heterocycles. The number of halogens is 1. The topological polar surface area (TPSA) is 61.4 Å². The van der Waals surface area contributed by atoms with E-state index in [-0.39, 0.29) is 18.3 Å². The lowest BCUT2D eigenvalue weighted by Gasteiger charge is -2.23. The molecule has 0 radical (unpaired) electrons. The van der Waals surface area contributed by atoms with Crippen LogP contribution in [-0.4, -0.2) is 54.5 Å². The number of likely N-dealkylation sites (N-methyl/N-ethyl adjacent to an activating group) is 2. The molecule has 0 aromatic carbocycles. The average molecular weight is 269 g/mol. The van der Waals surface area contributed by atoms with Crippen LogP contribution in [0.2, 0.25) is 0 Å². The molecule has 0 aliphatic rings. The minimum absolute atomic E-state index is 0.0863. The molecule has 0 spiro atoms. The molecule has 106 valence electrons. The van der Waals surface area contributed by atoms with Gasteiger partial charge in [0, 0.05) is 27.2 Å². The molecule has 6 nitrogen and oxygen atoms in total. The standard InChI is InChI=1S/C12H20FN5O/c1-5-14-12-15-7-9(13)11(16-12)18(6-2)8-10(19)17(3)4/h7H,5-6,8H2,1-4H3,(H,14,15,16). The van der Waals surface area contributed by atoms with Crippen LogP contribution in [-0.2, 0) is 4.79 Å². The molecule has 7 heteroatoms. The predicted octanol–water partition coefficient (Wildman–Crippen LogP) is 0.962. The first-order chi connectivity index (χ1) is 8.99. The first-order valence-corrected chi connectivity index (χ1v) is 6.21. The van der Waals surface area contributed by atoms with Crippen molar-refractivity contribution in [3.8, 4) is 0 Å². The van der Waals surface area contributed by atoms with Crippen LogP contribution in [0, 0.1) is 5.82 Å². The van der Waals surface area contributed by atoms with Crippen LogP contribution in [0.3, 0.4) is 0 Å². The fourth-order valence-corrected chi connectivity index (χ4v) is 1.46. The summed E-state index contributed by atoms with van der Waals surface area (Å²) >= 11 is 0. The maximum atomic E-state index is 13.8. The Bertz CT molecular complexity index is 438. The van der Waals surface area contributed by atoms with Gasteiger partial charge in [0.25, 0.3) is 0 Å². The summed E-state index contributed by atoms with van der Waals surface area (Å²) in [6.45, 7) is 4.97. The lowest BCUT2D eigenvalue weighted by Crippen LogP contribution is -2.37. The van der Waals surface area contributed by atoms with Crippen LogP contribution in [0.4, 0.5) is 16.2 Å². The fraction of sp³-hybridized carbons (Fsp3) is 0.583. The van der Waals surface area contributed by atoms with Crippen molar-refractivity contribution < 1.29 is 9.18 Å². The Morgan fingerprint density at radius 1 is 1.42 bits per heavy atom. The summed E-state index contributed by atoms with van der Waals surface area (Å²) in [6, 6.07) is 0. The van der Waals surface area contributed by atoms with Gasteiger partial charge in [0.05, 0.1) is 12.7 Å². The summed E-state index contributed by atoms with van der Waals surface area (Å²) in [5.41, 5.74) is 0. The third-order valence-electron chi connectivity index (χ3n) is 2.57. The minimum Gasteiger partial charge on any atom is -0.354 e. The fourth-order valence-electron chi connectivity index (χ4n) is 1.46. The zero-order chi connectivity index (χ0) is 14.4. The molecule has 1 N–H and O–H groups in total. The highest BCUT2D eigenvalue weighted by atomic mass is 19.1. The number of amides is 1. The van der Waals surface area contributed by atoms with Crippen LogP contribution < -0.4 is 10.2 Å². The first-order valence-electron chi connectivity index (χ1n) is 6.21. The largest absolute Gasteiger partial charge is 0.354 e. The number of hydrogen-bond acceptors (Lipinski definition) is 5. The third-order valence-corrected chi connectivity index (χ3v) is 2.57. The van der Waals surface area contributed by atoms with E-state index in [1.165, 1.54) is 4.90 Å². The molecule has 0 fully saturated rings. The molecule has 1 aromatic rings. The van der Waals surface area contributed by atoms with Crippen molar-refractivity contribution in [2.75, 3.05) is 43.9 Å². The van der Waals surface area contributed by atoms with Crippen LogP contribution in [0.1, 0.15) is 13.8 Å². The SMILES string of the molecule is CCNc1ncc(F)c(N(CC)CC(=O)N(C)C)n1. The molecule has 1 rings (SSSR count). The first kappa shape index (κ1) is 15.1. The van der Waals surface area contributed by atoms with Crippen LogP contribution >= 0.6 is 0 Å². The Hall–Kier alpha value is -1.92. The molecule has 1 heterocycles. The van der Waals surface area contributed by atoms with E-state index in [0.717, 1.165) is 6.20 Å². The summed E-state index contributed by atoms with van der Waals surface area (Å²) in [6.07, 6.45) is 1.11. The van der Waals surface area contributed by atoms with Gasteiger partial charge in [0.1, 0.15) is 0 Å². The van der Waals surface area contributed by atoms with Crippen molar-refractivity contribution in [2.24, 2.45) is 0 Å². The van der Waals surface area contributed by atoms with Crippen LogP contribution in [0.25, 0.3) is 0 Å². The normalized spacial score (nSPS) is 10.2. The number of nitrogens with one attached hydrogen (secondary N) is 1. The van der Waals surface area contributed by atoms with E-state index in [2.05, 4.69) is 15.3 Å². The Labute approximate surface area is 112 Å². The molecular formula is C12H20FN5O. The average Bonchev–Trinajstić information content (AvgIpc) is 2.38. The van der Waals surface area contributed by atoms with E-state index in [4.69, 9.17) is 0 Å². The quantitative estimate of drug-likeness (QED) is 0.833. The van der Waals surface area contributed by atoms with Crippen molar-refractivity contribution in [1.82, 2.24) is 14.9 Å². The Balaban J connectivity index is 2.96. The molecule has 0 unspecified atom stereocenters. The summed E-state index contributed by atoms with van der Waals surface area (Å²) in [5, 5.41) is 2.92. The van der Waals surface area contributed by atoms with Gasteiger partial charge in [-0.1, -0.05) is 0 Å². The maximum absolute atomic E-state index is 13.8. The molecule has 1 amide bonds. The lowest BCUT2D eigenvalue weighted by atomic mass is 10.4. The Kier molecular flexibility index (Phi) is 5.47. The summed E-state index contributed by atoms with van der Waals surface area (Å²) in [7, 11) is 3.33. The highest BCUT2D eigenvalue weighted by Gasteiger charge is 2.17. The Morgan fingerprint density at radius 3 is 2.63 bits per heavy atom. The molecule has 0 saturated carbocycles. The second kappa shape index (κ2) is 6.86. The van der Waals surface area contributed by atoms with Crippen molar-refractivity contribution in [1.29, 1.82) is 0 Å². The van der Waals surface area contributed by atoms with Crippen molar-refractivity contribution in [3.05, 3.63) is 12.0 Å². The molecule has 0 atom stereocenters. The zero-order valence-electron chi connectivity index (χ0n) is 11.8. The summed E-state index contributed by atoms with van der Waals surface area (Å²) < 4.78 is 13.8. The van der Waals surface area contributed by atoms with Crippen LogP contribution in [0.15, 0.2) is 6.20 Å². The van der Waals surface area contributed by atoms with Gasteiger partial charge >= 0.3 is 0 Å². The summed E-state index contributed by atoms with van der Waals surface area (Å²) in [4.78, 5) is 22.7. The molecule has 0 aliphatic carbocycles. The molecule has 19 heavy (non-hydrogen) atoms. The number of carbonyl (C=O) groups excluding carboxylic acids is 1. The monoisotopic (exact) mass is 269 g/mol. The number of nitrogens with zero attached hydrogens (tertiary/aromatic N) is 4. The van der Waals surface area contributed by atoms with Crippen LogP contribution in [0.5, 0.6) is 0 Å². The van der Waals surface area contributed by atoms with Gasteiger partial charge in [-0.15, -0.1) is 0 Å². The second-order valence-corrected chi connectivity index (χ2v) is 4.20. The zero-order valence-corrected chi connectivity index (χ0v) is 11.8. The highest BCUT2D eigenvalue weighted by molar-refractivity contribution is 5.80. The highest BCUT2D eigenvalue weighted by Crippen LogP contribution is 2.17.